The monoisotopic (exact) mass is 825 g/mol. The SMILES string of the molecule is c1ccc(-c2ccc(N(c3ccc(-c4cc5ccccc5c5ccccc45)cc3)c3ccc(-c4ccccc4)c(-c4ccc(-c5cc6ccccc6c6ccccc56)cc4)c3)cc2)cc1. The van der Waals surface area contributed by atoms with E-state index in [0.29, 0.717) is 0 Å². The van der Waals surface area contributed by atoms with E-state index in [-0.39, 0.29) is 0 Å². The summed E-state index contributed by atoms with van der Waals surface area (Å²) in [4.78, 5) is 2.39. The Bertz CT molecular complexity index is 3670. The third kappa shape index (κ3) is 7.01. The lowest BCUT2D eigenvalue weighted by Gasteiger charge is -2.27. The minimum atomic E-state index is 1.08. The van der Waals surface area contributed by atoms with E-state index in [9.17, 15) is 0 Å². The Labute approximate surface area is 379 Å². The number of fused-ring (bicyclic) bond motifs is 6. The summed E-state index contributed by atoms with van der Waals surface area (Å²) < 4.78 is 0. The van der Waals surface area contributed by atoms with E-state index in [1.54, 1.807) is 0 Å². The first-order valence-electron chi connectivity index (χ1n) is 22.4. The normalized spacial score (nSPS) is 11.4. The van der Waals surface area contributed by atoms with Gasteiger partial charge in [-0.15, -0.1) is 0 Å². The Morgan fingerprint density at radius 1 is 0.185 bits per heavy atom. The van der Waals surface area contributed by atoms with Crippen molar-refractivity contribution in [2.24, 2.45) is 0 Å². The fourth-order valence-electron chi connectivity index (χ4n) is 9.87. The van der Waals surface area contributed by atoms with Gasteiger partial charge in [0.05, 0.1) is 0 Å². The van der Waals surface area contributed by atoms with Crippen LogP contribution in [0.2, 0.25) is 0 Å². The van der Waals surface area contributed by atoms with Crippen LogP contribution in [0, 0.1) is 0 Å². The summed E-state index contributed by atoms with van der Waals surface area (Å²) in [7, 11) is 0. The second kappa shape index (κ2) is 16.3. The van der Waals surface area contributed by atoms with Crippen molar-refractivity contribution < 1.29 is 0 Å². The quantitative estimate of drug-likeness (QED) is 0.138. The summed E-state index contributed by atoms with van der Waals surface area (Å²) >= 11 is 0. The van der Waals surface area contributed by atoms with Crippen LogP contribution in [-0.2, 0) is 0 Å². The van der Waals surface area contributed by atoms with Gasteiger partial charge in [-0.05, 0) is 147 Å². The first-order valence-corrected chi connectivity index (χ1v) is 22.4. The zero-order valence-electron chi connectivity index (χ0n) is 35.8. The van der Waals surface area contributed by atoms with Gasteiger partial charge in [-0.3, -0.25) is 0 Å². The Balaban J connectivity index is 0.995. The lowest BCUT2D eigenvalue weighted by molar-refractivity contribution is 1.28. The fraction of sp³-hybridized carbons (Fsp3) is 0. The Morgan fingerprint density at radius 2 is 0.523 bits per heavy atom. The Kier molecular flexibility index (Phi) is 9.58. The van der Waals surface area contributed by atoms with Crippen molar-refractivity contribution in [3.63, 3.8) is 0 Å². The van der Waals surface area contributed by atoms with Gasteiger partial charge < -0.3 is 4.90 Å². The van der Waals surface area contributed by atoms with E-state index < -0.39 is 0 Å². The Morgan fingerprint density at radius 3 is 1.03 bits per heavy atom. The molecule has 0 fully saturated rings. The van der Waals surface area contributed by atoms with Crippen LogP contribution >= 0.6 is 0 Å². The molecule has 0 spiro atoms. The van der Waals surface area contributed by atoms with Gasteiger partial charge in [0, 0.05) is 17.1 Å². The zero-order valence-corrected chi connectivity index (χ0v) is 35.8. The predicted molar refractivity (Wildman–Crippen MR) is 278 cm³/mol. The van der Waals surface area contributed by atoms with Crippen molar-refractivity contribution in [3.8, 4) is 55.6 Å². The summed E-state index contributed by atoms with van der Waals surface area (Å²) in [5.41, 5.74) is 15.2. The van der Waals surface area contributed by atoms with Crippen molar-refractivity contribution in [2.75, 3.05) is 4.90 Å². The minimum absolute atomic E-state index is 1.08. The smallest absolute Gasteiger partial charge is 0.0468 e. The summed E-state index contributed by atoms with van der Waals surface area (Å²) in [6, 6.07) is 95.2. The molecule has 0 unspecified atom stereocenters. The molecule has 12 rings (SSSR count). The number of hydrogen-bond donors (Lipinski definition) is 0. The average Bonchev–Trinajstić information content (AvgIpc) is 3.39. The highest BCUT2D eigenvalue weighted by molar-refractivity contribution is 6.15. The molecule has 0 atom stereocenters. The van der Waals surface area contributed by atoms with Crippen LogP contribution in [0.15, 0.2) is 261 Å². The summed E-state index contributed by atoms with van der Waals surface area (Å²) in [5, 5.41) is 10.1. The number of rotatable bonds is 8. The molecule has 1 heteroatoms. The van der Waals surface area contributed by atoms with E-state index >= 15 is 0 Å². The molecule has 0 saturated carbocycles. The molecule has 65 heavy (non-hydrogen) atoms. The van der Waals surface area contributed by atoms with E-state index in [4.69, 9.17) is 0 Å². The van der Waals surface area contributed by atoms with Crippen molar-refractivity contribution in [2.45, 2.75) is 0 Å². The molecule has 0 N–H and O–H groups in total. The molecule has 0 radical (unpaired) electrons. The lowest BCUT2D eigenvalue weighted by Crippen LogP contribution is -2.10. The van der Waals surface area contributed by atoms with Crippen LogP contribution in [0.4, 0.5) is 17.1 Å². The van der Waals surface area contributed by atoms with E-state index in [2.05, 4.69) is 266 Å². The number of anilines is 3. The fourth-order valence-corrected chi connectivity index (χ4v) is 9.87. The van der Waals surface area contributed by atoms with Gasteiger partial charge >= 0.3 is 0 Å². The van der Waals surface area contributed by atoms with Gasteiger partial charge in [0.15, 0.2) is 0 Å². The van der Waals surface area contributed by atoms with Gasteiger partial charge in [0.2, 0.25) is 0 Å². The van der Waals surface area contributed by atoms with Crippen LogP contribution < -0.4 is 4.90 Å². The molecule has 0 amide bonds. The van der Waals surface area contributed by atoms with Gasteiger partial charge in [-0.2, -0.15) is 0 Å². The van der Waals surface area contributed by atoms with Crippen molar-refractivity contribution in [3.05, 3.63) is 261 Å². The highest BCUT2D eigenvalue weighted by Gasteiger charge is 2.18. The van der Waals surface area contributed by atoms with Crippen LogP contribution in [0.25, 0.3) is 98.7 Å². The van der Waals surface area contributed by atoms with Crippen LogP contribution in [0.1, 0.15) is 0 Å². The molecular formula is C64H43N. The molecule has 1 nitrogen and oxygen atoms in total. The van der Waals surface area contributed by atoms with E-state index in [1.165, 1.54) is 93.2 Å². The highest BCUT2D eigenvalue weighted by atomic mass is 15.1. The largest absolute Gasteiger partial charge is 0.310 e. The van der Waals surface area contributed by atoms with Gasteiger partial charge in [-0.25, -0.2) is 0 Å². The average molecular weight is 826 g/mol. The third-order valence-electron chi connectivity index (χ3n) is 13.1. The summed E-state index contributed by atoms with van der Waals surface area (Å²) in [6.07, 6.45) is 0. The number of benzene rings is 12. The van der Waals surface area contributed by atoms with Crippen molar-refractivity contribution in [1.29, 1.82) is 0 Å². The zero-order chi connectivity index (χ0) is 43.1. The maximum absolute atomic E-state index is 2.39. The summed E-state index contributed by atoms with van der Waals surface area (Å²) in [6.45, 7) is 0. The number of hydrogen-bond acceptors (Lipinski definition) is 1. The minimum Gasteiger partial charge on any atom is -0.310 e. The van der Waals surface area contributed by atoms with Crippen molar-refractivity contribution >= 4 is 60.2 Å². The summed E-state index contributed by atoms with van der Waals surface area (Å²) in [5.74, 6) is 0. The molecule has 0 aliphatic rings. The third-order valence-corrected chi connectivity index (χ3v) is 13.1. The van der Waals surface area contributed by atoms with Gasteiger partial charge in [0.1, 0.15) is 0 Å². The molecule has 304 valence electrons. The second-order valence-electron chi connectivity index (χ2n) is 16.9. The molecule has 0 bridgehead atoms. The van der Waals surface area contributed by atoms with Crippen molar-refractivity contribution in [1.82, 2.24) is 0 Å². The Hall–Kier alpha value is -8.52. The van der Waals surface area contributed by atoms with Gasteiger partial charge in [-0.1, -0.05) is 212 Å². The highest BCUT2D eigenvalue weighted by Crippen LogP contribution is 2.44. The first-order chi connectivity index (χ1) is 32.2. The van der Waals surface area contributed by atoms with Crippen LogP contribution in [-0.4, -0.2) is 0 Å². The molecule has 0 aliphatic heterocycles. The maximum Gasteiger partial charge on any atom is 0.0468 e. The van der Waals surface area contributed by atoms with Crippen LogP contribution in [0.3, 0.4) is 0 Å². The molecule has 12 aromatic carbocycles. The first kappa shape index (κ1) is 38.2. The molecular weight excluding hydrogens is 783 g/mol. The molecule has 0 saturated heterocycles. The molecule has 0 aromatic heterocycles. The standard InChI is InChI=1S/C64H43N/c1-3-15-44(16-4-1)45-31-35-52(36-32-45)65(53-37-33-49(34-38-53)63-42-51-20-8-10-22-56(51)59-24-12-14-26-61(59)63)54-39-40-57(46-17-5-2-6-18-46)64(43-54)48-29-27-47(28-30-48)62-41-50-19-7-9-21-55(50)58-23-11-13-25-60(58)62/h1-43H. The predicted octanol–water partition coefficient (Wildman–Crippen LogP) is 18.1. The molecule has 12 aromatic rings. The van der Waals surface area contributed by atoms with Gasteiger partial charge in [0.25, 0.3) is 0 Å². The van der Waals surface area contributed by atoms with Crippen LogP contribution in [0.5, 0.6) is 0 Å². The molecule has 0 aliphatic carbocycles. The molecule has 0 heterocycles. The second-order valence-corrected chi connectivity index (χ2v) is 16.9. The van der Waals surface area contributed by atoms with E-state index in [1.807, 2.05) is 0 Å². The maximum atomic E-state index is 2.39. The van der Waals surface area contributed by atoms with E-state index in [0.717, 1.165) is 22.6 Å². The lowest BCUT2D eigenvalue weighted by atomic mass is 9.90. The topological polar surface area (TPSA) is 3.24 Å². The number of nitrogens with zero attached hydrogens (tertiary/aromatic N) is 1.